The summed E-state index contributed by atoms with van der Waals surface area (Å²) in [5, 5.41) is 0. The van der Waals surface area contributed by atoms with Crippen LogP contribution in [0.2, 0.25) is 0 Å². The topological polar surface area (TPSA) is 81.7 Å². The molecular weight excluding hydrogens is 294 g/mol. The largest absolute Gasteiger partial charge is 0.454 e. The van der Waals surface area contributed by atoms with Crippen LogP contribution in [0.1, 0.15) is 25.3 Å². The Morgan fingerprint density at radius 2 is 1.81 bits per heavy atom. The highest BCUT2D eigenvalue weighted by molar-refractivity contribution is 7.92. The van der Waals surface area contributed by atoms with E-state index < -0.39 is 15.6 Å². The van der Waals surface area contributed by atoms with Crippen molar-refractivity contribution >= 4 is 21.7 Å². The van der Waals surface area contributed by atoms with Gasteiger partial charge in [0.15, 0.2) is 0 Å². The zero-order valence-electron chi connectivity index (χ0n) is 12.1. The second-order valence-electron chi connectivity index (χ2n) is 5.15. The van der Waals surface area contributed by atoms with Crippen molar-refractivity contribution in [3.63, 3.8) is 0 Å². The molecule has 116 valence electrons. The summed E-state index contributed by atoms with van der Waals surface area (Å²) < 4.78 is 35.7. The van der Waals surface area contributed by atoms with Gasteiger partial charge >= 0.3 is 5.97 Å². The van der Waals surface area contributed by atoms with Crippen LogP contribution in [-0.4, -0.2) is 33.9 Å². The third-order valence-corrected chi connectivity index (χ3v) is 3.96. The molecule has 2 rings (SSSR count). The zero-order chi connectivity index (χ0) is 15.5. The van der Waals surface area contributed by atoms with E-state index in [4.69, 9.17) is 9.47 Å². The van der Waals surface area contributed by atoms with Gasteiger partial charge < -0.3 is 9.47 Å². The Hall–Kier alpha value is -1.60. The molecule has 1 saturated heterocycles. The predicted molar refractivity (Wildman–Crippen MR) is 78.4 cm³/mol. The van der Waals surface area contributed by atoms with E-state index in [1.54, 1.807) is 24.3 Å². The fourth-order valence-corrected chi connectivity index (χ4v) is 3.05. The Morgan fingerprint density at radius 3 is 2.29 bits per heavy atom. The molecule has 0 amide bonds. The number of ether oxygens (including phenoxy) is 2. The van der Waals surface area contributed by atoms with Crippen LogP contribution in [0.5, 0.6) is 0 Å². The lowest BCUT2D eigenvalue weighted by molar-refractivity contribution is -0.168. The van der Waals surface area contributed by atoms with Gasteiger partial charge in [-0.3, -0.25) is 9.52 Å². The number of hydrogen-bond donors (Lipinski definition) is 1. The van der Waals surface area contributed by atoms with Gasteiger partial charge in [-0.05, 0) is 17.7 Å². The van der Waals surface area contributed by atoms with E-state index in [-0.39, 0.29) is 5.97 Å². The third kappa shape index (κ3) is 4.18. The number of sulfonamides is 1. The maximum absolute atomic E-state index is 11.4. The molecule has 7 heteroatoms. The van der Waals surface area contributed by atoms with Crippen LogP contribution in [0.3, 0.4) is 0 Å². The van der Waals surface area contributed by atoms with Gasteiger partial charge in [-0.1, -0.05) is 12.1 Å². The van der Waals surface area contributed by atoms with E-state index in [2.05, 4.69) is 4.72 Å². The summed E-state index contributed by atoms with van der Waals surface area (Å²) in [6, 6.07) is 6.89. The highest BCUT2D eigenvalue weighted by Gasteiger charge is 2.37. The molecular formula is C14H19NO5S. The molecule has 1 aromatic carbocycles. The Balaban J connectivity index is 2.26. The van der Waals surface area contributed by atoms with Crippen molar-refractivity contribution in [1.29, 1.82) is 0 Å². The maximum atomic E-state index is 11.4. The van der Waals surface area contributed by atoms with Gasteiger partial charge in [-0.15, -0.1) is 0 Å². The molecule has 0 radical (unpaired) electrons. The number of hydrogen-bond acceptors (Lipinski definition) is 5. The lowest BCUT2D eigenvalue weighted by Crippen LogP contribution is -2.37. The third-order valence-electron chi connectivity index (χ3n) is 3.35. The number of nitrogens with one attached hydrogen (secondary N) is 1. The lowest BCUT2D eigenvalue weighted by Gasteiger charge is -2.36. The Kier molecular flexibility index (Phi) is 4.53. The van der Waals surface area contributed by atoms with Crippen LogP contribution in [-0.2, 0) is 29.9 Å². The maximum Gasteiger partial charge on any atom is 0.303 e. The number of carbonyl (C=O) groups is 1. The Morgan fingerprint density at radius 1 is 1.24 bits per heavy atom. The van der Waals surface area contributed by atoms with Crippen LogP contribution in [0, 0.1) is 0 Å². The molecule has 1 N–H and O–H groups in total. The quantitative estimate of drug-likeness (QED) is 0.854. The van der Waals surface area contributed by atoms with Gasteiger partial charge in [0.05, 0.1) is 19.5 Å². The minimum absolute atomic E-state index is 0.338. The summed E-state index contributed by atoms with van der Waals surface area (Å²) in [6.07, 6.45) is 2.27. The fraction of sp³-hybridized carbons (Fsp3) is 0.500. The molecule has 0 aliphatic carbocycles. The molecule has 0 saturated carbocycles. The zero-order valence-corrected chi connectivity index (χ0v) is 12.9. The molecule has 1 aliphatic heterocycles. The SMILES string of the molecule is CC(=O)OC1(c2ccc(NS(C)(=O)=O)cc2)CCOCC1. The van der Waals surface area contributed by atoms with E-state index in [0.717, 1.165) is 11.8 Å². The molecule has 21 heavy (non-hydrogen) atoms. The standard InChI is InChI=1S/C14H19NO5S/c1-11(16)20-14(7-9-19-10-8-14)12-3-5-13(6-4-12)15-21(2,17)18/h3-6,15H,7-10H2,1-2H3. The van der Waals surface area contributed by atoms with E-state index in [1.807, 2.05) is 0 Å². The lowest BCUT2D eigenvalue weighted by atomic mass is 9.86. The highest BCUT2D eigenvalue weighted by Crippen LogP contribution is 2.36. The van der Waals surface area contributed by atoms with Crippen LogP contribution in [0.25, 0.3) is 0 Å². The monoisotopic (exact) mass is 313 g/mol. The van der Waals surface area contributed by atoms with Gasteiger partial charge in [0.2, 0.25) is 10.0 Å². The van der Waals surface area contributed by atoms with Crippen molar-refractivity contribution in [2.24, 2.45) is 0 Å². The van der Waals surface area contributed by atoms with Crippen LogP contribution < -0.4 is 4.72 Å². The number of benzene rings is 1. The van der Waals surface area contributed by atoms with Crippen molar-refractivity contribution in [3.8, 4) is 0 Å². The average molecular weight is 313 g/mol. The minimum atomic E-state index is -3.30. The molecule has 1 heterocycles. The molecule has 0 unspecified atom stereocenters. The molecule has 1 aliphatic rings. The second kappa shape index (κ2) is 6.03. The van der Waals surface area contributed by atoms with Crippen LogP contribution in [0.15, 0.2) is 24.3 Å². The van der Waals surface area contributed by atoms with Crippen molar-refractivity contribution in [2.75, 3.05) is 24.2 Å². The fourth-order valence-electron chi connectivity index (χ4n) is 2.48. The van der Waals surface area contributed by atoms with Crippen molar-refractivity contribution < 1.29 is 22.7 Å². The summed E-state index contributed by atoms with van der Waals surface area (Å²) in [6.45, 7) is 2.43. The van der Waals surface area contributed by atoms with E-state index in [9.17, 15) is 13.2 Å². The first-order valence-electron chi connectivity index (χ1n) is 6.66. The summed E-state index contributed by atoms with van der Waals surface area (Å²) in [4.78, 5) is 11.4. The van der Waals surface area contributed by atoms with Gasteiger partial charge in [0.25, 0.3) is 0 Å². The normalized spacial score (nSPS) is 18.0. The van der Waals surface area contributed by atoms with Crippen LogP contribution >= 0.6 is 0 Å². The number of rotatable bonds is 4. The van der Waals surface area contributed by atoms with Gasteiger partial charge in [0, 0.05) is 25.5 Å². The summed E-state index contributed by atoms with van der Waals surface area (Å²) in [5.74, 6) is -0.338. The summed E-state index contributed by atoms with van der Waals surface area (Å²) >= 11 is 0. The van der Waals surface area contributed by atoms with E-state index >= 15 is 0 Å². The molecule has 0 spiro atoms. The van der Waals surface area contributed by atoms with E-state index in [0.29, 0.717) is 31.7 Å². The van der Waals surface area contributed by atoms with Gasteiger partial charge in [-0.2, -0.15) is 0 Å². The van der Waals surface area contributed by atoms with E-state index in [1.165, 1.54) is 6.92 Å². The first-order chi connectivity index (χ1) is 9.81. The van der Waals surface area contributed by atoms with Crippen molar-refractivity contribution in [3.05, 3.63) is 29.8 Å². The summed E-state index contributed by atoms with van der Waals surface area (Å²) in [5.41, 5.74) is 0.639. The molecule has 0 atom stereocenters. The van der Waals surface area contributed by atoms with Gasteiger partial charge in [0.1, 0.15) is 5.60 Å². The molecule has 0 aromatic heterocycles. The van der Waals surface area contributed by atoms with Crippen molar-refractivity contribution in [2.45, 2.75) is 25.4 Å². The number of esters is 1. The molecule has 1 aromatic rings. The highest BCUT2D eigenvalue weighted by atomic mass is 32.2. The smallest absolute Gasteiger partial charge is 0.303 e. The predicted octanol–water partition coefficient (Wildman–Crippen LogP) is 1.63. The second-order valence-corrected chi connectivity index (χ2v) is 6.90. The van der Waals surface area contributed by atoms with Crippen molar-refractivity contribution in [1.82, 2.24) is 0 Å². The van der Waals surface area contributed by atoms with Gasteiger partial charge in [-0.25, -0.2) is 8.42 Å². The Bertz CT molecular complexity index is 603. The minimum Gasteiger partial charge on any atom is -0.454 e. The van der Waals surface area contributed by atoms with Crippen LogP contribution in [0.4, 0.5) is 5.69 Å². The molecule has 6 nitrogen and oxygen atoms in total. The number of carbonyl (C=O) groups excluding carboxylic acids is 1. The summed E-state index contributed by atoms with van der Waals surface area (Å²) in [7, 11) is -3.30. The molecule has 0 bridgehead atoms. The average Bonchev–Trinajstić information content (AvgIpc) is 2.38. The Labute approximate surface area is 124 Å². The number of anilines is 1. The first-order valence-corrected chi connectivity index (χ1v) is 8.56. The molecule has 1 fully saturated rings. The first kappa shape index (κ1) is 15.8.